The van der Waals surface area contributed by atoms with Gasteiger partial charge in [0.05, 0.1) is 2.74 Å². The number of hydrogen-bond acceptors (Lipinski definition) is 4. The summed E-state index contributed by atoms with van der Waals surface area (Å²) in [6, 6.07) is -2.06. The zero-order chi connectivity index (χ0) is 10.7. The van der Waals surface area contributed by atoms with Gasteiger partial charge in [-0.05, 0) is 19.3 Å². The Labute approximate surface area is 67.8 Å². The Morgan fingerprint density at radius 2 is 2.09 bits per heavy atom. The van der Waals surface area contributed by atoms with Crippen molar-refractivity contribution in [2.75, 3.05) is 0 Å². The van der Waals surface area contributed by atoms with Gasteiger partial charge in [-0.1, -0.05) is 0 Å². The summed E-state index contributed by atoms with van der Waals surface area (Å²) in [4.78, 5) is 10.3. The summed E-state index contributed by atoms with van der Waals surface area (Å²) in [6.45, 7) is 0. The van der Waals surface area contributed by atoms with Gasteiger partial charge in [-0.15, -0.1) is 0 Å². The molecule has 0 aromatic heterocycles. The molecule has 0 fully saturated rings. The number of rotatable bonds is 5. The smallest absolute Gasteiger partial charge is 0.320 e. The standard InChI is InChI=1S/C6H14N2O3/c7-4(6(10)11)2-1-3-5(8)9/h4-5,9H,1-3,7-8H2,(H,10,11)/t4-,5?/m0/s1/i4+1D,5+1D. The Morgan fingerprint density at radius 1 is 1.55 bits per heavy atom. The second-order valence-corrected chi connectivity index (χ2v) is 2.18. The summed E-state index contributed by atoms with van der Waals surface area (Å²) >= 11 is 0. The third kappa shape index (κ3) is 5.78. The quantitative estimate of drug-likeness (QED) is 0.304. The minimum Gasteiger partial charge on any atom is -0.480 e. The molecule has 11 heavy (non-hydrogen) atoms. The average molecular weight is 166 g/mol. The van der Waals surface area contributed by atoms with Crippen LogP contribution in [-0.4, -0.2) is 28.4 Å². The van der Waals surface area contributed by atoms with Crippen LogP contribution in [0.4, 0.5) is 0 Å². The number of aliphatic carboxylic acids is 1. The van der Waals surface area contributed by atoms with Crippen molar-refractivity contribution < 1.29 is 17.7 Å². The van der Waals surface area contributed by atoms with Crippen molar-refractivity contribution in [3.63, 3.8) is 0 Å². The van der Waals surface area contributed by atoms with Crippen LogP contribution in [0.5, 0.6) is 0 Å². The lowest BCUT2D eigenvalue weighted by atomic mass is 10.3. The van der Waals surface area contributed by atoms with E-state index in [0.717, 1.165) is 0 Å². The van der Waals surface area contributed by atoms with Crippen molar-refractivity contribution in [1.82, 2.24) is 0 Å². The molecule has 5 heteroatoms. The molecule has 0 aliphatic heterocycles. The van der Waals surface area contributed by atoms with Gasteiger partial charge in [0.15, 0.2) is 0 Å². The molecule has 0 radical (unpaired) electrons. The van der Waals surface area contributed by atoms with Gasteiger partial charge in [0.1, 0.15) is 12.2 Å². The molecule has 0 aromatic rings. The molecule has 0 amide bonds. The SMILES string of the molecule is [2H][13C](N)(O)CCC[13C@]([2H])(N)C(=O)O. The van der Waals surface area contributed by atoms with E-state index in [0.29, 0.717) is 0 Å². The Bertz CT molecular complexity index is 191. The molecular formula is C6H14N2O3. The molecule has 66 valence electrons. The van der Waals surface area contributed by atoms with Crippen molar-refractivity contribution in [2.24, 2.45) is 11.5 Å². The largest absolute Gasteiger partial charge is 0.480 e. The van der Waals surface area contributed by atoms with Gasteiger partial charge in [0, 0.05) is 0 Å². The van der Waals surface area contributed by atoms with Crippen molar-refractivity contribution >= 4 is 5.97 Å². The molecule has 0 aromatic carbocycles. The second-order valence-electron chi connectivity index (χ2n) is 2.18. The van der Waals surface area contributed by atoms with Crippen LogP contribution < -0.4 is 11.5 Å². The van der Waals surface area contributed by atoms with Gasteiger partial charge in [-0.25, -0.2) is 0 Å². The lowest BCUT2D eigenvalue weighted by Crippen LogP contribution is -2.30. The maximum Gasteiger partial charge on any atom is 0.320 e. The van der Waals surface area contributed by atoms with Crippen molar-refractivity contribution in [1.29, 1.82) is 0 Å². The maximum atomic E-state index is 10.3. The molecule has 0 rings (SSSR count). The molecule has 5 nitrogen and oxygen atoms in total. The fraction of sp³-hybridized carbons (Fsp3) is 0.833. The highest BCUT2D eigenvalue weighted by Crippen LogP contribution is 1.99. The van der Waals surface area contributed by atoms with Gasteiger partial charge in [-0.3, -0.25) is 4.79 Å². The Balaban J connectivity index is 3.84. The summed E-state index contributed by atoms with van der Waals surface area (Å²) in [5.74, 6) is -1.43. The molecule has 6 N–H and O–H groups in total. The highest BCUT2D eigenvalue weighted by atomic mass is 16.4. The first-order valence-electron chi connectivity index (χ1n) is 4.19. The molecule has 0 heterocycles. The maximum absolute atomic E-state index is 10.3. The predicted octanol–water partition coefficient (Wildman–Crippen LogP) is -1.15. The van der Waals surface area contributed by atoms with Crippen LogP contribution in [-0.2, 0) is 4.79 Å². The van der Waals surface area contributed by atoms with Gasteiger partial charge in [0.25, 0.3) is 0 Å². The first-order valence-corrected chi connectivity index (χ1v) is 3.19. The van der Waals surface area contributed by atoms with Crippen molar-refractivity contribution in [3.8, 4) is 0 Å². The van der Waals surface area contributed by atoms with Crippen LogP contribution in [0.2, 0.25) is 0 Å². The third-order valence-electron chi connectivity index (χ3n) is 1.15. The van der Waals surface area contributed by atoms with Crippen LogP contribution in [0.15, 0.2) is 0 Å². The number of carbonyl (C=O) groups is 1. The molecule has 0 bridgehead atoms. The molecule has 2 atom stereocenters. The molecule has 0 aliphatic carbocycles. The summed E-state index contributed by atoms with van der Waals surface area (Å²) in [7, 11) is 0. The highest BCUT2D eigenvalue weighted by molar-refractivity contribution is 5.72. The van der Waals surface area contributed by atoms with Crippen LogP contribution >= 0.6 is 0 Å². The lowest BCUT2D eigenvalue weighted by Gasteiger charge is -2.06. The number of hydrogen-bond donors (Lipinski definition) is 4. The number of carboxylic acids is 1. The molecule has 1 unspecified atom stereocenters. The van der Waals surface area contributed by atoms with Gasteiger partial charge >= 0.3 is 5.97 Å². The van der Waals surface area contributed by atoms with E-state index in [1.54, 1.807) is 0 Å². The summed E-state index contributed by atoms with van der Waals surface area (Å²) in [6.07, 6.45) is -2.23. The zero-order valence-corrected chi connectivity index (χ0v) is 6.08. The third-order valence-corrected chi connectivity index (χ3v) is 1.15. The predicted molar refractivity (Wildman–Crippen MR) is 39.7 cm³/mol. The van der Waals surface area contributed by atoms with Gasteiger partial charge in [0.2, 0.25) is 0 Å². The van der Waals surface area contributed by atoms with Crippen molar-refractivity contribution in [2.45, 2.75) is 31.5 Å². The average Bonchev–Trinajstić information content (AvgIpc) is 1.82. The molecule has 0 aliphatic rings. The van der Waals surface area contributed by atoms with Crippen LogP contribution in [0, 0.1) is 0 Å². The van der Waals surface area contributed by atoms with E-state index in [2.05, 4.69) is 0 Å². The normalized spacial score (nSPS) is 24.3. The second kappa shape index (κ2) is 5.06. The first kappa shape index (κ1) is 7.02. The molecule has 0 spiro atoms. The Morgan fingerprint density at radius 3 is 2.45 bits per heavy atom. The van der Waals surface area contributed by atoms with E-state index in [4.69, 9.17) is 24.4 Å². The van der Waals surface area contributed by atoms with E-state index >= 15 is 0 Å². The first-order chi connectivity index (χ1) is 5.65. The fourth-order valence-electron chi connectivity index (χ4n) is 0.567. The number of aliphatic hydroxyl groups is 1. The molecule has 0 saturated carbocycles. The zero-order valence-electron chi connectivity index (χ0n) is 8.08. The Hall–Kier alpha value is -0.650. The van der Waals surface area contributed by atoms with E-state index in [-0.39, 0.29) is 19.3 Å². The molecule has 0 saturated heterocycles. The molecular weight excluding hydrogens is 150 g/mol. The van der Waals surface area contributed by atoms with Crippen molar-refractivity contribution in [3.05, 3.63) is 0 Å². The van der Waals surface area contributed by atoms with Crippen LogP contribution in [0.25, 0.3) is 0 Å². The monoisotopic (exact) mass is 166 g/mol. The minimum atomic E-state index is -2.07. The van der Waals surface area contributed by atoms with Gasteiger partial charge < -0.3 is 21.7 Å². The van der Waals surface area contributed by atoms with E-state index < -0.39 is 18.2 Å². The number of carboxylic acid groups (broad SMARTS) is 1. The fourth-order valence-corrected chi connectivity index (χ4v) is 0.567. The summed E-state index contributed by atoms with van der Waals surface area (Å²) in [5.41, 5.74) is 9.99. The van der Waals surface area contributed by atoms with Crippen LogP contribution in [0.3, 0.4) is 0 Å². The van der Waals surface area contributed by atoms with E-state index in [9.17, 15) is 4.79 Å². The van der Waals surface area contributed by atoms with Gasteiger partial charge in [-0.2, -0.15) is 0 Å². The minimum absolute atomic E-state index is 0.113. The van der Waals surface area contributed by atoms with E-state index in [1.807, 2.05) is 0 Å². The van der Waals surface area contributed by atoms with E-state index in [1.165, 1.54) is 0 Å². The summed E-state index contributed by atoms with van der Waals surface area (Å²) in [5, 5.41) is 17.2. The number of nitrogens with two attached hydrogens (primary N) is 2. The topological polar surface area (TPSA) is 110 Å². The summed E-state index contributed by atoms with van der Waals surface area (Å²) < 4.78 is 13.9. The lowest BCUT2D eigenvalue weighted by molar-refractivity contribution is -0.138. The van der Waals surface area contributed by atoms with Crippen LogP contribution in [0.1, 0.15) is 22.0 Å². The Kier molecular flexibility index (Phi) is 3.23. The highest BCUT2D eigenvalue weighted by Gasteiger charge is 2.10.